The third-order valence-electron chi connectivity index (χ3n) is 0. The van der Waals surface area contributed by atoms with E-state index in [-0.39, 0.29) is 73.3 Å². The van der Waals surface area contributed by atoms with Gasteiger partial charge in [-0.25, -0.2) is 0 Å². The van der Waals surface area contributed by atoms with Gasteiger partial charge in [-0.2, -0.15) is 0 Å². The molecule has 0 nitrogen and oxygen atoms in total. The first-order valence-corrected chi connectivity index (χ1v) is 0. The fourth-order valence-electron chi connectivity index (χ4n) is 0. The number of rotatable bonds is 0. The molecule has 0 aliphatic carbocycles. The Kier molecular flexibility index (Phi) is 167. The van der Waals surface area contributed by atoms with Gasteiger partial charge in [-0.05, 0) is 0 Å². The molecule has 0 amide bonds. The molecule has 0 saturated carbocycles. The van der Waals surface area contributed by atoms with Crippen LogP contribution in [0.25, 0.3) is 0 Å². The quantitative estimate of drug-likeness (QED) is 0.513. The van der Waals surface area contributed by atoms with E-state index in [1.165, 1.54) is 0 Å². The van der Waals surface area contributed by atoms with Crippen molar-refractivity contribution in [2.75, 3.05) is 0 Å². The van der Waals surface area contributed by atoms with Crippen LogP contribution in [-0.2, 0) is 64.9 Å². The van der Waals surface area contributed by atoms with Gasteiger partial charge < -0.3 is 0 Å². The first-order valence-electron chi connectivity index (χ1n) is 0. The molecule has 0 heterocycles. The molecule has 0 aliphatic rings. The van der Waals surface area contributed by atoms with Gasteiger partial charge in [-0.1, -0.05) is 0 Å². The van der Waals surface area contributed by atoms with Crippen molar-refractivity contribution in [2.45, 2.75) is 0 Å². The molecular weight excluding hydrogens is 366 g/mol. The standard InChI is InChI=1S/B.Cd.Ni.W. The molecule has 0 rings (SSSR count). The molecule has 0 spiro atoms. The van der Waals surface area contributed by atoms with Crippen molar-refractivity contribution in [1.82, 2.24) is 0 Å². The molecule has 0 unspecified atom stereocenters. The van der Waals surface area contributed by atoms with Crippen LogP contribution >= 0.6 is 0 Å². The molecule has 0 aromatic rings. The maximum Gasteiger partial charge on any atom is 0 e. The molecule has 3 radical (unpaired) electrons. The molecule has 4 heavy (non-hydrogen) atoms. The third kappa shape index (κ3) is 8.90. The van der Waals surface area contributed by atoms with Crippen LogP contribution in [0.4, 0.5) is 0 Å². The Balaban J connectivity index is 0. The van der Waals surface area contributed by atoms with Crippen molar-refractivity contribution in [1.29, 1.82) is 0 Å². The fourth-order valence-corrected chi connectivity index (χ4v) is 0. The first kappa shape index (κ1) is 35.0. The fraction of sp³-hybridized carbons (Fsp3) is 0. The van der Waals surface area contributed by atoms with Crippen molar-refractivity contribution in [3.63, 3.8) is 0 Å². The molecule has 4 heteroatoms. The molecule has 0 aromatic heterocycles. The Morgan fingerprint density at radius 1 is 1.00 bits per heavy atom. The summed E-state index contributed by atoms with van der Waals surface area (Å²) in [6, 6.07) is 0. The van der Waals surface area contributed by atoms with Gasteiger partial charge in [-0.15, -0.1) is 0 Å². The van der Waals surface area contributed by atoms with Gasteiger partial charge in [-0.3, -0.25) is 0 Å². The second-order valence-electron chi connectivity index (χ2n) is 0. The largest absolute Gasteiger partial charge is 0 e. The minimum atomic E-state index is 0. The average Bonchev–Trinajstić information content (AvgIpc) is 0. The summed E-state index contributed by atoms with van der Waals surface area (Å²) in [5.41, 5.74) is 0. The zero-order chi connectivity index (χ0) is 0. The number of hydrogen-bond acceptors (Lipinski definition) is 0. The van der Waals surface area contributed by atoms with Crippen molar-refractivity contribution in [3.05, 3.63) is 0 Å². The van der Waals surface area contributed by atoms with Crippen LogP contribution in [0.1, 0.15) is 0 Å². The van der Waals surface area contributed by atoms with Crippen molar-refractivity contribution in [3.8, 4) is 0 Å². The van der Waals surface area contributed by atoms with Crippen LogP contribution in [0, 0.1) is 0 Å². The van der Waals surface area contributed by atoms with Gasteiger partial charge in [0.15, 0.2) is 0 Å². The summed E-state index contributed by atoms with van der Waals surface area (Å²) in [5, 5.41) is 0. The summed E-state index contributed by atoms with van der Waals surface area (Å²) in [4.78, 5) is 0. The van der Waals surface area contributed by atoms with Crippen LogP contribution in [0.5, 0.6) is 0 Å². The Labute approximate surface area is 72.4 Å². The molecule has 21 valence electrons. The van der Waals surface area contributed by atoms with Crippen LogP contribution in [-0.4, -0.2) is 8.41 Å². The van der Waals surface area contributed by atoms with E-state index in [2.05, 4.69) is 0 Å². The SMILES string of the molecule is [B].[Cd].[Ni].[W]. The summed E-state index contributed by atoms with van der Waals surface area (Å²) in [7, 11) is 0. The van der Waals surface area contributed by atoms with E-state index >= 15 is 0 Å². The molecule has 0 saturated heterocycles. The Bertz CT molecular complexity index is 8.00. The molecule has 0 bridgehead atoms. The van der Waals surface area contributed by atoms with E-state index in [1.807, 2.05) is 0 Å². The van der Waals surface area contributed by atoms with Gasteiger partial charge in [0.2, 0.25) is 0 Å². The van der Waals surface area contributed by atoms with E-state index in [1.54, 1.807) is 0 Å². The molecule has 0 atom stereocenters. The van der Waals surface area contributed by atoms with Gasteiger partial charge >= 0.3 is 0 Å². The predicted octanol–water partition coefficient (Wildman–Crippen LogP) is -0.388. The minimum absolute atomic E-state index is 0. The Morgan fingerprint density at radius 3 is 1.00 bits per heavy atom. The maximum atomic E-state index is 0. The van der Waals surface area contributed by atoms with Crippen LogP contribution in [0.3, 0.4) is 0 Å². The van der Waals surface area contributed by atoms with Crippen molar-refractivity contribution >= 4 is 8.41 Å². The average molecular weight is 366 g/mol. The summed E-state index contributed by atoms with van der Waals surface area (Å²) < 4.78 is 0. The third-order valence-corrected chi connectivity index (χ3v) is 0. The van der Waals surface area contributed by atoms with Gasteiger partial charge in [0.1, 0.15) is 0 Å². The Morgan fingerprint density at radius 2 is 1.00 bits per heavy atom. The normalized spacial score (nSPS) is 0. The Hall–Kier alpha value is 2.17. The minimum Gasteiger partial charge on any atom is 0 e. The predicted molar refractivity (Wildman–Crippen MR) is 5.75 cm³/mol. The van der Waals surface area contributed by atoms with Gasteiger partial charge in [0.05, 0.1) is 0 Å². The topological polar surface area (TPSA) is 0 Å². The zero-order valence-corrected chi connectivity index (χ0v) is 9.97. The molecular formula is BCdNiW. The first-order chi connectivity index (χ1) is 0. The van der Waals surface area contributed by atoms with Gasteiger partial charge in [0, 0.05) is 73.3 Å². The van der Waals surface area contributed by atoms with Crippen molar-refractivity contribution in [2.24, 2.45) is 0 Å². The summed E-state index contributed by atoms with van der Waals surface area (Å²) >= 11 is 0. The van der Waals surface area contributed by atoms with E-state index in [0.29, 0.717) is 0 Å². The molecule has 0 N–H and O–H groups in total. The van der Waals surface area contributed by atoms with E-state index < -0.39 is 0 Å². The van der Waals surface area contributed by atoms with E-state index in [9.17, 15) is 0 Å². The van der Waals surface area contributed by atoms with Crippen molar-refractivity contribution < 1.29 is 64.9 Å². The summed E-state index contributed by atoms with van der Waals surface area (Å²) in [5.74, 6) is 0. The monoisotopic (exact) mass is 367 g/mol. The van der Waals surface area contributed by atoms with Crippen LogP contribution in [0.15, 0.2) is 0 Å². The van der Waals surface area contributed by atoms with Crippen LogP contribution in [0.2, 0.25) is 0 Å². The number of hydrogen-bond donors (Lipinski definition) is 0. The molecule has 0 aromatic carbocycles. The van der Waals surface area contributed by atoms with Gasteiger partial charge in [0.25, 0.3) is 0 Å². The smallest absolute Gasteiger partial charge is 0 e. The molecule has 0 aliphatic heterocycles. The second kappa shape index (κ2) is 19.1. The summed E-state index contributed by atoms with van der Waals surface area (Å²) in [6.45, 7) is 0. The maximum absolute atomic E-state index is 0. The van der Waals surface area contributed by atoms with Crippen LogP contribution < -0.4 is 0 Å². The van der Waals surface area contributed by atoms with E-state index in [4.69, 9.17) is 0 Å². The zero-order valence-electron chi connectivity index (χ0n) is 2.01. The summed E-state index contributed by atoms with van der Waals surface area (Å²) in [6.07, 6.45) is 0. The molecule has 0 fully saturated rings. The second-order valence-corrected chi connectivity index (χ2v) is 0. The van der Waals surface area contributed by atoms with E-state index in [0.717, 1.165) is 0 Å².